The number of halogens is 1. The highest BCUT2D eigenvalue weighted by Crippen LogP contribution is 2.57. The van der Waals surface area contributed by atoms with Crippen molar-refractivity contribution in [2.75, 3.05) is 0 Å². The number of carbonyl (C=O) groups is 1. The van der Waals surface area contributed by atoms with Gasteiger partial charge in [-0.05, 0) is 58.1 Å². The Labute approximate surface area is 146 Å². The second-order valence-electron chi connectivity index (χ2n) is 7.93. The molecule has 0 aliphatic heterocycles. The van der Waals surface area contributed by atoms with Crippen molar-refractivity contribution < 1.29 is 4.79 Å². The van der Waals surface area contributed by atoms with Crippen molar-refractivity contribution in [2.24, 2.45) is 5.92 Å². The van der Waals surface area contributed by atoms with Crippen molar-refractivity contribution in [2.45, 2.75) is 52.0 Å². The first-order valence-electron chi connectivity index (χ1n) is 8.31. The molecule has 2 atom stereocenters. The normalized spacial score (nSPS) is 21.4. The third kappa shape index (κ3) is 2.51. The maximum absolute atomic E-state index is 12.7. The van der Waals surface area contributed by atoms with Crippen molar-refractivity contribution in [1.82, 2.24) is 20.1 Å². The lowest BCUT2D eigenvalue weighted by Crippen LogP contribution is -2.41. The van der Waals surface area contributed by atoms with E-state index >= 15 is 0 Å². The zero-order valence-electron chi connectivity index (χ0n) is 14.4. The molecule has 1 saturated carbocycles. The van der Waals surface area contributed by atoms with E-state index in [2.05, 4.69) is 15.4 Å². The molecule has 6 heteroatoms. The van der Waals surface area contributed by atoms with Gasteiger partial charge in [0, 0.05) is 23.2 Å². The maximum atomic E-state index is 12.7. The molecule has 2 aromatic heterocycles. The molecular weight excluding hydrogens is 324 g/mol. The van der Waals surface area contributed by atoms with E-state index in [1.807, 2.05) is 38.4 Å². The average molecular weight is 345 g/mol. The third-order valence-electron chi connectivity index (χ3n) is 4.72. The molecular formula is C18H21ClN4O. The van der Waals surface area contributed by atoms with E-state index < -0.39 is 0 Å². The zero-order valence-corrected chi connectivity index (χ0v) is 15.1. The molecule has 0 spiro atoms. The molecule has 1 fully saturated rings. The molecule has 24 heavy (non-hydrogen) atoms. The predicted molar refractivity (Wildman–Crippen MR) is 92.9 cm³/mol. The van der Waals surface area contributed by atoms with E-state index in [-0.39, 0.29) is 11.4 Å². The number of rotatable bonds is 2. The van der Waals surface area contributed by atoms with E-state index in [1.165, 1.54) is 6.42 Å². The Morgan fingerprint density at radius 2 is 2.17 bits per heavy atom. The molecule has 1 amide bonds. The van der Waals surface area contributed by atoms with Gasteiger partial charge in [-0.2, -0.15) is 5.10 Å². The van der Waals surface area contributed by atoms with Gasteiger partial charge in [0.05, 0.1) is 10.7 Å². The molecule has 0 saturated heterocycles. The highest BCUT2D eigenvalue weighted by atomic mass is 35.5. The van der Waals surface area contributed by atoms with E-state index in [0.29, 0.717) is 22.6 Å². The second-order valence-corrected chi connectivity index (χ2v) is 8.33. The molecule has 5 nitrogen and oxygen atoms in total. The van der Waals surface area contributed by atoms with E-state index in [9.17, 15) is 4.79 Å². The molecule has 4 rings (SSSR count). The second kappa shape index (κ2) is 5.06. The Kier molecular flexibility index (Phi) is 3.29. The summed E-state index contributed by atoms with van der Waals surface area (Å²) in [5.74, 6) is 1.81. The number of aromatic nitrogens is 3. The molecule has 0 unspecified atom stereocenters. The van der Waals surface area contributed by atoms with Gasteiger partial charge in [-0.1, -0.05) is 11.6 Å². The van der Waals surface area contributed by atoms with Crippen molar-refractivity contribution >= 4 is 17.5 Å². The number of pyridine rings is 1. The van der Waals surface area contributed by atoms with Crippen LogP contribution in [0.3, 0.4) is 0 Å². The molecule has 2 aliphatic carbocycles. The number of nitrogens with one attached hydrogen (secondary N) is 1. The van der Waals surface area contributed by atoms with Gasteiger partial charge in [-0.3, -0.25) is 4.79 Å². The minimum Gasteiger partial charge on any atom is -0.346 e. The fourth-order valence-corrected chi connectivity index (χ4v) is 3.62. The van der Waals surface area contributed by atoms with Crippen molar-refractivity contribution in [1.29, 1.82) is 0 Å². The topological polar surface area (TPSA) is 59.8 Å². The number of amides is 1. The Morgan fingerprint density at radius 3 is 2.83 bits per heavy atom. The monoisotopic (exact) mass is 344 g/mol. The first-order chi connectivity index (χ1) is 11.2. The van der Waals surface area contributed by atoms with Gasteiger partial charge in [-0.15, -0.1) is 0 Å². The van der Waals surface area contributed by atoms with Gasteiger partial charge in [0.2, 0.25) is 0 Å². The lowest BCUT2D eigenvalue weighted by Gasteiger charge is -2.19. The van der Waals surface area contributed by atoms with Crippen molar-refractivity contribution in [3.63, 3.8) is 0 Å². The van der Waals surface area contributed by atoms with Crippen LogP contribution in [0, 0.1) is 12.8 Å². The Bertz CT molecular complexity index is 849. The van der Waals surface area contributed by atoms with Gasteiger partial charge in [0.25, 0.3) is 5.91 Å². The average Bonchev–Trinajstić information content (AvgIpc) is 2.98. The predicted octanol–water partition coefficient (Wildman–Crippen LogP) is 3.42. The van der Waals surface area contributed by atoms with Crippen LogP contribution in [0.5, 0.6) is 0 Å². The lowest BCUT2D eigenvalue weighted by atomic mass is 10.1. The Balaban J connectivity index is 1.80. The molecule has 1 N–H and O–H groups in total. The number of aryl methyl sites for hydroxylation is 1. The van der Waals surface area contributed by atoms with Crippen LogP contribution in [0.15, 0.2) is 12.3 Å². The molecule has 126 valence electrons. The van der Waals surface area contributed by atoms with Gasteiger partial charge < -0.3 is 5.32 Å². The Morgan fingerprint density at radius 1 is 1.42 bits per heavy atom. The summed E-state index contributed by atoms with van der Waals surface area (Å²) in [7, 11) is 0. The first kappa shape index (κ1) is 15.6. The number of hydrogen-bond donors (Lipinski definition) is 1. The van der Waals surface area contributed by atoms with E-state index in [1.54, 1.807) is 6.20 Å². The molecule has 0 aromatic carbocycles. The van der Waals surface area contributed by atoms with Crippen LogP contribution in [0.2, 0.25) is 5.02 Å². The van der Waals surface area contributed by atoms with E-state index in [4.69, 9.17) is 11.6 Å². The molecule has 0 bridgehead atoms. The van der Waals surface area contributed by atoms with Crippen LogP contribution in [-0.4, -0.2) is 26.2 Å². The lowest BCUT2D eigenvalue weighted by molar-refractivity contribution is 0.0913. The summed E-state index contributed by atoms with van der Waals surface area (Å²) >= 11 is 6.09. The molecule has 2 aromatic rings. The number of carbonyl (C=O) groups excluding carboxylic acids is 1. The van der Waals surface area contributed by atoms with Crippen LogP contribution >= 0.6 is 11.6 Å². The SMILES string of the molecule is Cc1cc(-n2nc(C(=O)NC(C)(C)C)c3c2[C@@H]2C[C@@H]2C3)ncc1Cl. The largest absolute Gasteiger partial charge is 0.346 e. The molecule has 0 radical (unpaired) electrons. The van der Waals surface area contributed by atoms with Crippen LogP contribution in [0.25, 0.3) is 5.82 Å². The fraction of sp³-hybridized carbons (Fsp3) is 0.500. The molecule has 2 aliphatic rings. The van der Waals surface area contributed by atoms with Crippen LogP contribution in [0.4, 0.5) is 0 Å². The summed E-state index contributed by atoms with van der Waals surface area (Å²) in [6.07, 6.45) is 3.78. The van der Waals surface area contributed by atoms with Crippen molar-refractivity contribution in [3.8, 4) is 5.82 Å². The van der Waals surface area contributed by atoms with Crippen LogP contribution < -0.4 is 5.32 Å². The third-order valence-corrected chi connectivity index (χ3v) is 5.11. The number of fused-ring (bicyclic) bond motifs is 3. The van der Waals surface area contributed by atoms with E-state index in [0.717, 1.165) is 29.1 Å². The smallest absolute Gasteiger partial charge is 0.272 e. The van der Waals surface area contributed by atoms with Gasteiger partial charge in [-0.25, -0.2) is 9.67 Å². The zero-order chi connectivity index (χ0) is 17.2. The summed E-state index contributed by atoms with van der Waals surface area (Å²) in [6.45, 7) is 7.88. The Hall–Kier alpha value is -1.88. The molecule has 2 heterocycles. The number of hydrogen-bond acceptors (Lipinski definition) is 3. The van der Waals surface area contributed by atoms with Crippen LogP contribution in [0.1, 0.15) is 60.4 Å². The number of nitrogens with zero attached hydrogens (tertiary/aromatic N) is 3. The van der Waals surface area contributed by atoms with Gasteiger partial charge >= 0.3 is 0 Å². The van der Waals surface area contributed by atoms with Crippen molar-refractivity contribution in [3.05, 3.63) is 39.8 Å². The standard InChI is InChI=1S/C18H21ClN4O/c1-9-5-14(20-8-13(9)19)23-16-11-6-10(11)7-12(16)15(22-23)17(24)21-18(2,3)4/h5,8,10-11H,6-7H2,1-4H3,(H,21,24)/t10-,11-/m1/s1. The summed E-state index contributed by atoms with van der Waals surface area (Å²) in [5.41, 5.74) is 3.46. The summed E-state index contributed by atoms with van der Waals surface area (Å²) in [6, 6.07) is 1.93. The summed E-state index contributed by atoms with van der Waals surface area (Å²) < 4.78 is 1.86. The maximum Gasteiger partial charge on any atom is 0.272 e. The highest BCUT2D eigenvalue weighted by molar-refractivity contribution is 6.31. The summed E-state index contributed by atoms with van der Waals surface area (Å²) in [4.78, 5) is 17.1. The van der Waals surface area contributed by atoms with Gasteiger partial charge in [0.15, 0.2) is 11.5 Å². The first-order valence-corrected chi connectivity index (χ1v) is 8.69. The fourth-order valence-electron chi connectivity index (χ4n) is 3.51. The minimum absolute atomic E-state index is 0.107. The quantitative estimate of drug-likeness (QED) is 0.908. The summed E-state index contributed by atoms with van der Waals surface area (Å²) in [5, 5.41) is 8.29. The highest BCUT2D eigenvalue weighted by Gasteiger charge is 2.50. The van der Waals surface area contributed by atoms with Gasteiger partial charge in [0.1, 0.15) is 0 Å². The van der Waals surface area contributed by atoms with Crippen LogP contribution in [-0.2, 0) is 6.42 Å². The minimum atomic E-state index is -0.287.